The average molecular weight is 274 g/mol. The van der Waals surface area contributed by atoms with Gasteiger partial charge in [-0.1, -0.05) is 19.9 Å². The van der Waals surface area contributed by atoms with Gasteiger partial charge in [-0.15, -0.1) is 0 Å². The Kier molecular flexibility index (Phi) is 3.99. The Morgan fingerprint density at radius 2 is 2.10 bits per heavy atom. The normalized spacial score (nSPS) is 25.0. The molecule has 3 rings (SSSR count). The van der Waals surface area contributed by atoms with E-state index in [9.17, 15) is 0 Å². The fourth-order valence-corrected chi connectivity index (χ4v) is 3.67. The van der Waals surface area contributed by atoms with Gasteiger partial charge in [0, 0.05) is 18.1 Å². The Morgan fingerprint density at radius 1 is 1.30 bits per heavy atom. The highest BCUT2D eigenvalue weighted by Crippen LogP contribution is 2.40. The maximum Gasteiger partial charge on any atom is 0.119 e. The van der Waals surface area contributed by atoms with Gasteiger partial charge in [-0.05, 0) is 55.6 Å². The summed E-state index contributed by atoms with van der Waals surface area (Å²) in [7, 11) is 1.75. The summed E-state index contributed by atoms with van der Waals surface area (Å²) < 4.78 is 5.41. The molecule has 3 heteroatoms. The summed E-state index contributed by atoms with van der Waals surface area (Å²) in [5, 5.41) is 3.70. The molecule has 0 saturated heterocycles. The van der Waals surface area contributed by atoms with Crippen LogP contribution in [-0.4, -0.2) is 37.2 Å². The molecule has 2 atom stereocenters. The molecule has 0 aliphatic heterocycles. The molecular formula is C17H26N2O. The zero-order valence-electron chi connectivity index (χ0n) is 12.9. The quantitative estimate of drug-likeness (QED) is 0.863. The van der Waals surface area contributed by atoms with Crippen molar-refractivity contribution in [2.45, 2.75) is 51.2 Å². The second kappa shape index (κ2) is 5.74. The maximum absolute atomic E-state index is 5.41. The molecule has 0 heterocycles. The van der Waals surface area contributed by atoms with Gasteiger partial charge < -0.3 is 10.1 Å². The van der Waals surface area contributed by atoms with Crippen LogP contribution in [0.2, 0.25) is 0 Å². The first-order chi connectivity index (χ1) is 9.78. The Hall–Kier alpha value is -1.06. The van der Waals surface area contributed by atoms with E-state index in [0.717, 1.165) is 24.9 Å². The number of nitrogens with one attached hydrogen (secondary N) is 1. The number of benzene rings is 1. The average Bonchev–Trinajstić information content (AvgIpc) is 3.24. The minimum Gasteiger partial charge on any atom is -0.497 e. The zero-order valence-corrected chi connectivity index (χ0v) is 12.9. The molecule has 0 aromatic heterocycles. The highest BCUT2D eigenvalue weighted by Gasteiger charge is 2.41. The lowest BCUT2D eigenvalue weighted by Gasteiger charge is -2.33. The van der Waals surface area contributed by atoms with Gasteiger partial charge in [-0.2, -0.15) is 0 Å². The van der Waals surface area contributed by atoms with Gasteiger partial charge in [0.05, 0.1) is 7.11 Å². The third kappa shape index (κ3) is 2.45. The number of likely N-dealkylation sites (N-methyl/N-ethyl adjacent to an activating group) is 2. The summed E-state index contributed by atoms with van der Waals surface area (Å²) in [4.78, 5) is 2.71. The first-order valence-electron chi connectivity index (χ1n) is 7.94. The number of methoxy groups -OCH3 is 1. The molecule has 0 spiro atoms. The van der Waals surface area contributed by atoms with Crippen molar-refractivity contribution < 1.29 is 4.74 Å². The van der Waals surface area contributed by atoms with Gasteiger partial charge in [0.25, 0.3) is 0 Å². The van der Waals surface area contributed by atoms with Crippen LogP contribution < -0.4 is 10.1 Å². The van der Waals surface area contributed by atoms with E-state index < -0.39 is 0 Å². The highest BCUT2D eigenvalue weighted by atomic mass is 16.5. The molecule has 0 bridgehead atoms. The molecule has 110 valence electrons. The number of rotatable bonds is 6. The van der Waals surface area contributed by atoms with Gasteiger partial charge in [0.1, 0.15) is 5.75 Å². The molecule has 0 amide bonds. The smallest absolute Gasteiger partial charge is 0.119 e. The molecule has 0 radical (unpaired) electrons. The third-order valence-corrected chi connectivity index (χ3v) is 4.73. The van der Waals surface area contributed by atoms with Gasteiger partial charge in [-0.3, -0.25) is 4.90 Å². The van der Waals surface area contributed by atoms with Crippen LogP contribution in [0.15, 0.2) is 18.2 Å². The van der Waals surface area contributed by atoms with E-state index in [0.29, 0.717) is 12.1 Å². The van der Waals surface area contributed by atoms with Gasteiger partial charge in [-0.25, -0.2) is 0 Å². The summed E-state index contributed by atoms with van der Waals surface area (Å²) >= 11 is 0. The first kappa shape index (κ1) is 13.9. The van der Waals surface area contributed by atoms with Gasteiger partial charge >= 0.3 is 0 Å². The van der Waals surface area contributed by atoms with Crippen molar-refractivity contribution in [1.29, 1.82) is 0 Å². The first-order valence-corrected chi connectivity index (χ1v) is 7.94. The maximum atomic E-state index is 5.41. The number of hydrogen-bond acceptors (Lipinski definition) is 3. The molecule has 2 unspecified atom stereocenters. The van der Waals surface area contributed by atoms with Crippen molar-refractivity contribution >= 4 is 0 Å². The highest BCUT2D eigenvalue weighted by molar-refractivity contribution is 5.43. The summed E-state index contributed by atoms with van der Waals surface area (Å²) in [5.74, 6) is 0.974. The van der Waals surface area contributed by atoms with Crippen LogP contribution in [-0.2, 0) is 6.42 Å². The van der Waals surface area contributed by atoms with Crippen molar-refractivity contribution in [3.05, 3.63) is 29.3 Å². The van der Waals surface area contributed by atoms with Crippen LogP contribution in [0.4, 0.5) is 0 Å². The molecule has 1 saturated carbocycles. The Bertz CT molecular complexity index is 470. The van der Waals surface area contributed by atoms with Crippen LogP contribution in [0, 0.1) is 0 Å². The molecule has 1 fully saturated rings. The molecule has 2 aliphatic carbocycles. The summed E-state index contributed by atoms with van der Waals surface area (Å²) in [6, 6.07) is 8.45. The SMILES string of the molecule is CCNC1c2cc(OC)ccc2CC1N(CC)C1CC1. The summed E-state index contributed by atoms with van der Waals surface area (Å²) in [5.41, 5.74) is 2.93. The molecule has 1 aromatic rings. The topological polar surface area (TPSA) is 24.5 Å². The van der Waals surface area contributed by atoms with Gasteiger partial charge in [0.15, 0.2) is 0 Å². The van der Waals surface area contributed by atoms with E-state index in [1.54, 1.807) is 7.11 Å². The Labute approximate surface area is 122 Å². The lowest BCUT2D eigenvalue weighted by Crippen LogP contribution is -2.44. The van der Waals surface area contributed by atoms with E-state index in [1.807, 2.05) is 0 Å². The number of fused-ring (bicyclic) bond motifs is 1. The number of hydrogen-bond donors (Lipinski definition) is 1. The van der Waals surface area contributed by atoms with Crippen molar-refractivity contribution in [3.8, 4) is 5.75 Å². The molecule has 1 N–H and O–H groups in total. The molecular weight excluding hydrogens is 248 g/mol. The van der Waals surface area contributed by atoms with Crippen LogP contribution in [0.5, 0.6) is 5.75 Å². The van der Waals surface area contributed by atoms with E-state index in [2.05, 4.69) is 42.3 Å². The predicted octanol–water partition coefficient (Wildman–Crippen LogP) is 2.75. The standard InChI is InChI=1S/C17H26N2O/c1-4-18-17-15-11-14(20-3)9-6-12(15)10-16(17)19(5-2)13-7-8-13/h6,9,11,13,16-18H,4-5,7-8,10H2,1-3H3. The lowest BCUT2D eigenvalue weighted by atomic mass is 10.1. The fraction of sp³-hybridized carbons (Fsp3) is 0.647. The Morgan fingerprint density at radius 3 is 2.70 bits per heavy atom. The van der Waals surface area contributed by atoms with Crippen molar-refractivity contribution in [2.24, 2.45) is 0 Å². The second-order valence-corrected chi connectivity index (χ2v) is 5.93. The monoisotopic (exact) mass is 274 g/mol. The summed E-state index contributed by atoms with van der Waals surface area (Å²) in [6.07, 6.45) is 3.92. The van der Waals surface area contributed by atoms with Crippen molar-refractivity contribution in [1.82, 2.24) is 10.2 Å². The van der Waals surface area contributed by atoms with Crippen LogP contribution in [0.1, 0.15) is 43.9 Å². The zero-order chi connectivity index (χ0) is 14.1. The lowest BCUT2D eigenvalue weighted by molar-refractivity contribution is 0.166. The number of nitrogens with zero attached hydrogens (tertiary/aromatic N) is 1. The molecule has 3 nitrogen and oxygen atoms in total. The van der Waals surface area contributed by atoms with Gasteiger partial charge in [0.2, 0.25) is 0 Å². The van der Waals surface area contributed by atoms with E-state index in [-0.39, 0.29) is 0 Å². The molecule has 2 aliphatic rings. The second-order valence-electron chi connectivity index (χ2n) is 5.93. The minimum absolute atomic E-state index is 0.450. The van der Waals surface area contributed by atoms with E-state index >= 15 is 0 Å². The minimum atomic E-state index is 0.450. The van der Waals surface area contributed by atoms with Crippen molar-refractivity contribution in [2.75, 3.05) is 20.2 Å². The Balaban J connectivity index is 1.89. The van der Waals surface area contributed by atoms with E-state index in [1.165, 1.54) is 30.4 Å². The fourth-order valence-electron chi connectivity index (χ4n) is 3.67. The summed E-state index contributed by atoms with van der Waals surface area (Å²) in [6.45, 7) is 6.66. The third-order valence-electron chi connectivity index (χ3n) is 4.73. The van der Waals surface area contributed by atoms with Crippen LogP contribution in [0.25, 0.3) is 0 Å². The predicted molar refractivity (Wildman–Crippen MR) is 82.3 cm³/mol. The largest absolute Gasteiger partial charge is 0.497 e. The van der Waals surface area contributed by atoms with E-state index in [4.69, 9.17) is 4.74 Å². The van der Waals surface area contributed by atoms with Crippen LogP contribution in [0.3, 0.4) is 0 Å². The van der Waals surface area contributed by atoms with Crippen molar-refractivity contribution in [3.63, 3.8) is 0 Å². The molecule has 1 aromatic carbocycles. The number of ether oxygens (including phenoxy) is 1. The molecule has 20 heavy (non-hydrogen) atoms. The van der Waals surface area contributed by atoms with Crippen LogP contribution >= 0.6 is 0 Å².